The maximum atomic E-state index is 13.6. The highest BCUT2D eigenvalue weighted by atomic mass is 32.1. The molecule has 0 radical (unpaired) electrons. The van der Waals surface area contributed by atoms with Crippen LogP contribution in [0.5, 0.6) is 5.75 Å². The molecule has 1 fully saturated rings. The van der Waals surface area contributed by atoms with Crippen molar-refractivity contribution in [3.63, 3.8) is 0 Å². The minimum absolute atomic E-state index is 0.00896. The highest BCUT2D eigenvalue weighted by Crippen LogP contribution is 2.36. The molecule has 1 aliphatic rings. The first-order chi connectivity index (χ1) is 15.1. The number of unbranched alkanes of at least 4 members (excludes halogenated alkanes) is 1. The van der Waals surface area contributed by atoms with Crippen LogP contribution >= 0.6 is 12.6 Å². The first-order valence-corrected chi connectivity index (χ1v) is 11.7. The number of hydrogen-bond acceptors (Lipinski definition) is 6. The quantitative estimate of drug-likeness (QED) is 0.314. The molecule has 0 aliphatic heterocycles. The molecule has 0 saturated heterocycles. The molecule has 32 heavy (non-hydrogen) atoms. The fourth-order valence-electron chi connectivity index (χ4n) is 3.30. The molecule has 1 aliphatic carbocycles. The van der Waals surface area contributed by atoms with Crippen LogP contribution in [-0.2, 0) is 14.3 Å². The Morgan fingerprint density at radius 1 is 1.28 bits per heavy atom. The zero-order valence-electron chi connectivity index (χ0n) is 19.3. The molecule has 0 bridgehead atoms. The number of carbonyl (C=O) groups excluding carboxylic acids is 3. The number of benzene rings is 1. The molecule has 178 valence electrons. The van der Waals surface area contributed by atoms with Gasteiger partial charge in [-0.1, -0.05) is 25.5 Å². The molecule has 2 unspecified atom stereocenters. The smallest absolute Gasteiger partial charge is 0.408 e. The van der Waals surface area contributed by atoms with Crippen molar-refractivity contribution in [1.82, 2.24) is 15.5 Å². The number of nitrogens with one attached hydrogen (secondary N) is 2. The number of hydrogen-bond donors (Lipinski definition) is 4. The van der Waals surface area contributed by atoms with Crippen molar-refractivity contribution < 1.29 is 24.2 Å². The molecule has 8 nitrogen and oxygen atoms in total. The normalized spacial score (nSPS) is 15.4. The summed E-state index contributed by atoms with van der Waals surface area (Å²) in [4.78, 5) is 40.6. The predicted octanol–water partition coefficient (Wildman–Crippen LogP) is 3.16. The van der Waals surface area contributed by atoms with Gasteiger partial charge < -0.3 is 25.4 Å². The Kier molecular flexibility index (Phi) is 9.24. The summed E-state index contributed by atoms with van der Waals surface area (Å²) in [5.74, 6) is -0.674. The summed E-state index contributed by atoms with van der Waals surface area (Å²) in [7, 11) is 0. The first kappa shape index (κ1) is 25.8. The van der Waals surface area contributed by atoms with E-state index in [0.29, 0.717) is 12.1 Å². The zero-order valence-corrected chi connectivity index (χ0v) is 20.2. The lowest BCUT2D eigenvalue weighted by Crippen LogP contribution is -2.54. The second-order valence-corrected chi connectivity index (χ2v) is 9.37. The molecule has 1 aromatic rings. The van der Waals surface area contributed by atoms with E-state index < -0.39 is 29.7 Å². The van der Waals surface area contributed by atoms with Gasteiger partial charge in [0, 0.05) is 18.3 Å². The van der Waals surface area contributed by atoms with Gasteiger partial charge in [0.05, 0.1) is 0 Å². The summed E-state index contributed by atoms with van der Waals surface area (Å²) < 4.78 is 5.28. The molecule has 1 saturated carbocycles. The lowest BCUT2D eigenvalue weighted by atomic mass is 10.0. The van der Waals surface area contributed by atoms with Gasteiger partial charge in [-0.05, 0) is 57.7 Å². The molecule has 2 rings (SSSR count). The van der Waals surface area contributed by atoms with E-state index >= 15 is 0 Å². The van der Waals surface area contributed by atoms with Crippen molar-refractivity contribution >= 4 is 30.5 Å². The van der Waals surface area contributed by atoms with Gasteiger partial charge in [0.1, 0.15) is 23.4 Å². The first-order valence-electron chi connectivity index (χ1n) is 11.1. The molecule has 0 spiro atoms. The number of amides is 3. The lowest BCUT2D eigenvalue weighted by molar-refractivity contribution is -0.142. The number of alkyl carbamates (subject to hydrolysis) is 1. The van der Waals surface area contributed by atoms with Crippen LogP contribution in [0.15, 0.2) is 24.3 Å². The van der Waals surface area contributed by atoms with Gasteiger partial charge in [-0.2, -0.15) is 12.6 Å². The monoisotopic (exact) mass is 465 g/mol. The van der Waals surface area contributed by atoms with Gasteiger partial charge in [0.25, 0.3) is 0 Å². The van der Waals surface area contributed by atoms with Crippen molar-refractivity contribution in [2.75, 3.05) is 12.3 Å². The van der Waals surface area contributed by atoms with Crippen LogP contribution in [0.4, 0.5) is 4.79 Å². The Morgan fingerprint density at radius 3 is 2.50 bits per heavy atom. The highest BCUT2D eigenvalue weighted by Gasteiger charge is 2.43. The fraction of sp³-hybridized carbons (Fsp3) is 0.609. The number of phenolic OH excluding ortho intramolecular Hbond substituents is 1. The van der Waals surface area contributed by atoms with Crippen molar-refractivity contribution in [2.45, 2.75) is 77.1 Å². The maximum Gasteiger partial charge on any atom is 0.408 e. The third-order valence-electron chi connectivity index (χ3n) is 4.91. The highest BCUT2D eigenvalue weighted by molar-refractivity contribution is 7.80. The number of carbonyl (C=O) groups is 3. The van der Waals surface area contributed by atoms with Crippen molar-refractivity contribution in [2.24, 2.45) is 0 Å². The average molecular weight is 466 g/mol. The van der Waals surface area contributed by atoms with Gasteiger partial charge in [-0.25, -0.2) is 4.79 Å². The van der Waals surface area contributed by atoms with Crippen LogP contribution < -0.4 is 10.6 Å². The van der Waals surface area contributed by atoms with Crippen LogP contribution in [0, 0.1) is 0 Å². The van der Waals surface area contributed by atoms with E-state index in [2.05, 4.69) is 23.3 Å². The fourth-order valence-corrected chi connectivity index (χ4v) is 3.55. The van der Waals surface area contributed by atoms with E-state index in [1.54, 1.807) is 32.9 Å². The van der Waals surface area contributed by atoms with Gasteiger partial charge in [0.15, 0.2) is 0 Å². The van der Waals surface area contributed by atoms with Gasteiger partial charge in [0.2, 0.25) is 11.8 Å². The third-order valence-corrected chi connectivity index (χ3v) is 5.27. The second kappa shape index (κ2) is 11.4. The lowest BCUT2D eigenvalue weighted by Gasteiger charge is -2.34. The van der Waals surface area contributed by atoms with E-state index in [9.17, 15) is 19.5 Å². The number of rotatable bonds is 10. The summed E-state index contributed by atoms with van der Waals surface area (Å²) >= 11 is 4.26. The number of thiol groups is 1. The van der Waals surface area contributed by atoms with Crippen LogP contribution in [0.2, 0.25) is 0 Å². The van der Waals surface area contributed by atoms with Crippen LogP contribution in [-0.4, -0.2) is 57.9 Å². The topological polar surface area (TPSA) is 108 Å². The average Bonchev–Trinajstić information content (AvgIpc) is 3.53. The summed E-state index contributed by atoms with van der Waals surface area (Å²) in [6.07, 6.45) is 2.53. The van der Waals surface area contributed by atoms with E-state index in [4.69, 9.17) is 4.74 Å². The molecule has 9 heteroatoms. The van der Waals surface area contributed by atoms with Gasteiger partial charge >= 0.3 is 6.09 Å². The van der Waals surface area contributed by atoms with Gasteiger partial charge in [-0.15, -0.1) is 0 Å². The SMILES string of the molecule is CCCCNC(=O)C(c1cccc(O)c1)N(C(=O)C(CS)NC(=O)OC(C)(C)C)C1CC1. The molecule has 2 atom stereocenters. The Balaban J connectivity index is 2.33. The molecular weight excluding hydrogens is 430 g/mol. The van der Waals surface area contributed by atoms with Crippen LogP contribution in [0.1, 0.15) is 65.0 Å². The van der Waals surface area contributed by atoms with E-state index in [1.807, 2.05) is 6.92 Å². The summed E-state index contributed by atoms with van der Waals surface area (Å²) in [5.41, 5.74) is -0.206. The standard InChI is InChI=1S/C23H35N3O5S/c1-5-6-12-24-20(28)19(15-8-7-9-17(27)13-15)26(16-10-11-16)21(29)18(14-32)25-22(30)31-23(2,3)4/h7-9,13,16,18-19,27,32H,5-6,10-12,14H2,1-4H3,(H,24,28)(H,25,30). The summed E-state index contributed by atoms with van der Waals surface area (Å²) in [5, 5.41) is 15.5. The Labute approximate surface area is 195 Å². The number of nitrogens with zero attached hydrogens (tertiary/aromatic N) is 1. The van der Waals surface area contributed by atoms with Crippen molar-refractivity contribution in [3.05, 3.63) is 29.8 Å². The molecule has 3 amide bonds. The molecule has 1 aromatic carbocycles. The van der Waals surface area contributed by atoms with Gasteiger partial charge in [-0.3, -0.25) is 9.59 Å². The zero-order chi connectivity index (χ0) is 23.9. The molecular formula is C23H35N3O5S. The molecule has 0 aromatic heterocycles. The minimum Gasteiger partial charge on any atom is -0.508 e. The second-order valence-electron chi connectivity index (χ2n) is 9.00. The van der Waals surface area contributed by atoms with Crippen LogP contribution in [0.3, 0.4) is 0 Å². The number of aromatic hydroxyl groups is 1. The molecule has 3 N–H and O–H groups in total. The summed E-state index contributed by atoms with van der Waals surface area (Å²) in [6.45, 7) is 7.72. The summed E-state index contributed by atoms with van der Waals surface area (Å²) in [6, 6.07) is 4.34. The Morgan fingerprint density at radius 2 is 1.97 bits per heavy atom. The predicted molar refractivity (Wildman–Crippen MR) is 126 cm³/mol. The minimum atomic E-state index is -0.961. The third kappa shape index (κ3) is 7.62. The Hall–Kier alpha value is -2.42. The largest absolute Gasteiger partial charge is 0.508 e. The van der Waals surface area contributed by atoms with E-state index in [-0.39, 0.29) is 23.5 Å². The van der Waals surface area contributed by atoms with Crippen molar-refractivity contribution in [3.8, 4) is 5.75 Å². The number of ether oxygens (including phenoxy) is 1. The van der Waals surface area contributed by atoms with E-state index in [0.717, 1.165) is 25.7 Å². The molecule has 0 heterocycles. The number of phenols is 1. The maximum absolute atomic E-state index is 13.6. The Bertz CT molecular complexity index is 807. The van der Waals surface area contributed by atoms with E-state index in [1.165, 1.54) is 17.0 Å². The van der Waals surface area contributed by atoms with Crippen molar-refractivity contribution in [1.29, 1.82) is 0 Å². The van der Waals surface area contributed by atoms with Crippen LogP contribution in [0.25, 0.3) is 0 Å².